The molecular weight excluding hydrogens is 360 g/mol. The zero-order valence-corrected chi connectivity index (χ0v) is 16.6. The lowest BCUT2D eigenvalue weighted by Gasteiger charge is -2.16. The third kappa shape index (κ3) is 10.6. The number of hydrogen-bond donors (Lipinski definition) is 4. The topological polar surface area (TPSA) is 107 Å². The molecule has 4 N–H and O–H groups in total. The van der Waals surface area contributed by atoms with Crippen LogP contribution in [0.1, 0.15) is 51.9 Å². The Morgan fingerprint density at radius 1 is 1.11 bits per heavy atom. The minimum Gasteiger partial charge on any atom is -0.481 e. The molecule has 1 fully saturated rings. The summed E-state index contributed by atoms with van der Waals surface area (Å²) >= 11 is 0. The van der Waals surface area contributed by atoms with E-state index in [4.69, 9.17) is 9.84 Å². The molecule has 0 aromatic rings. The van der Waals surface area contributed by atoms with Crippen LogP contribution in [0.3, 0.4) is 0 Å². The normalized spacial score (nSPS) is 25.5. The molecule has 1 rings (SSSR count). The molecule has 0 unspecified atom stereocenters. The summed E-state index contributed by atoms with van der Waals surface area (Å²) in [5.74, 6) is -0.854. The number of hydrogen-bond acceptors (Lipinski definition) is 5. The Morgan fingerprint density at radius 2 is 1.82 bits per heavy atom. The lowest BCUT2D eigenvalue weighted by molar-refractivity contribution is -0.136. The van der Waals surface area contributed by atoms with E-state index >= 15 is 0 Å². The number of aliphatic hydroxyl groups is 3. The van der Waals surface area contributed by atoms with Crippen LogP contribution in [0.4, 0.5) is 0 Å². The van der Waals surface area contributed by atoms with E-state index in [0.29, 0.717) is 25.7 Å². The first kappa shape index (κ1) is 24.3. The molecule has 6 heteroatoms. The highest BCUT2D eigenvalue weighted by Gasteiger charge is 2.35. The van der Waals surface area contributed by atoms with E-state index in [2.05, 4.69) is 19.1 Å². The van der Waals surface area contributed by atoms with Crippen LogP contribution < -0.4 is 0 Å². The number of carboxylic acids is 1. The molecule has 1 aliphatic rings. The van der Waals surface area contributed by atoms with Gasteiger partial charge >= 0.3 is 5.97 Å². The SMILES string of the molecule is CC/C=C\C/C=C\C[C@H](O)/C=C/[C@@H]1O[C@@H]([C@H](O)C/C=C\CCC(=O)O)C[C@@H]1O. The molecule has 6 nitrogen and oxygen atoms in total. The van der Waals surface area contributed by atoms with Gasteiger partial charge in [-0.25, -0.2) is 0 Å². The molecule has 0 aromatic carbocycles. The van der Waals surface area contributed by atoms with E-state index < -0.39 is 36.5 Å². The monoisotopic (exact) mass is 394 g/mol. The van der Waals surface area contributed by atoms with Crippen LogP contribution in [-0.4, -0.2) is 56.9 Å². The van der Waals surface area contributed by atoms with Crippen LogP contribution in [0.5, 0.6) is 0 Å². The van der Waals surface area contributed by atoms with Crippen molar-refractivity contribution in [2.24, 2.45) is 0 Å². The van der Waals surface area contributed by atoms with Crippen molar-refractivity contribution in [3.63, 3.8) is 0 Å². The van der Waals surface area contributed by atoms with Gasteiger partial charge in [-0.2, -0.15) is 0 Å². The standard InChI is InChI=1S/C22H34O6/c1-2-3-4-5-6-8-11-17(23)14-15-20-19(25)16-21(28-20)18(24)12-9-7-10-13-22(26)27/h3-4,6-9,14-15,17-21,23-25H,2,5,10-13,16H2,1H3,(H,26,27)/b4-3-,8-6-,9-7-,15-14+/t17-,18+,19-,20-,21+/m0/s1. The largest absolute Gasteiger partial charge is 0.481 e. The average Bonchev–Trinajstić information content (AvgIpc) is 3.03. The number of carboxylic acid groups (broad SMARTS) is 1. The van der Waals surface area contributed by atoms with Gasteiger partial charge in [-0.05, 0) is 32.1 Å². The molecular formula is C22H34O6. The summed E-state index contributed by atoms with van der Waals surface area (Å²) < 4.78 is 5.70. The third-order valence-electron chi connectivity index (χ3n) is 4.42. The fraction of sp³-hybridized carbons (Fsp3) is 0.591. The van der Waals surface area contributed by atoms with E-state index in [-0.39, 0.29) is 6.42 Å². The summed E-state index contributed by atoms with van der Waals surface area (Å²) in [7, 11) is 0. The first-order valence-electron chi connectivity index (χ1n) is 9.98. The summed E-state index contributed by atoms with van der Waals surface area (Å²) in [6.07, 6.45) is 15.1. The fourth-order valence-electron chi connectivity index (χ4n) is 2.84. The van der Waals surface area contributed by atoms with Crippen LogP contribution in [0, 0.1) is 0 Å². The van der Waals surface area contributed by atoms with Gasteiger partial charge in [0.05, 0.1) is 24.4 Å². The lowest BCUT2D eigenvalue weighted by Crippen LogP contribution is -2.25. The first-order chi connectivity index (χ1) is 13.4. The number of rotatable bonds is 13. The van der Waals surface area contributed by atoms with Crippen LogP contribution in [0.15, 0.2) is 48.6 Å². The van der Waals surface area contributed by atoms with Crippen molar-refractivity contribution in [3.05, 3.63) is 48.6 Å². The predicted molar refractivity (Wildman–Crippen MR) is 109 cm³/mol. The van der Waals surface area contributed by atoms with Crippen molar-refractivity contribution < 1.29 is 30.0 Å². The lowest BCUT2D eigenvalue weighted by atomic mass is 10.0. The van der Waals surface area contributed by atoms with Gasteiger partial charge in [0.2, 0.25) is 0 Å². The minimum absolute atomic E-state index is 0.0606. The summed E-state index contributed by atoms with van der Waals surface area (Å²) in [6, 6.07) is 0. The molecule has 0 aliphatic carbocycles. The number of ether oxygens (including phenoxy) is 1. The van der Waals surface area contributed by atoms with Gasteiger partial charge in [-0.1, -0.05) is 55.5 Å². The number of allylic oxidation sites excluding steroid dienone is 4. The molecule has 1 heterocycles. The van der Waals surface area contributed by atoms with E-state index in [1.165, 1.54) is 0 Å². The first-order valence-corrected chi connectivity index (χ1v) is 9.98. The molecule has 0 saturated carbocycles. The quantitative estimate of drug-likeness (QED) is 0.358. The highest BCUT2D eigenvalue weighted by molar-refractivity contribution is 5.66. The van der Waals surface area contributed by atoms with E-state index in [0.717, 1.165) is 12.8 Å². The van der Waals surface area contributed by atoms with Crippen LogP contribution in [-0.2, 0) is 9.53 Å². The second kappa shape index (κ2) is 14.3. The van der Waals surface area contributed by atoms with Gasteiger partial charge in [0, 0.05) is 12.8 Å². The maximum absolute atomic E-state index is 10.4. The Hall–Kier alpha value is -1.73. The Kier molecular flexibility index (Phi) is 12.4. The van der Waals surface area contributed by atoms with Crippen molar-refractivity contribution in [2.45, 2.75) is 82.4 Å². The van der Waals surface area contributed by atoms with Gasteiger partial charge < -0.3 is 25.2 Å². The van der Waals surface area contributed by atoms with Crippen molar-refractivity contribution >= 4 is 5.97 Å². The highest BCUT2D eigenvalue weighted by Crippen LogP contribution is 2.25. The molecule has 0 spiro atoms. The van der Waals surface area contributed by atoms with Crippen molar-refractivity contribution in [3.8, 4) is 0 Å². The Labute approximate surface area is 167 Å². The van der Waals surface area contributed by atoms with E-state index in [9.17, 15) is 20.1 Å². The van der Waals surface area contributed by atoms with Crippen molar-refractivity contribution in [1.29, 1.82) is 0 Å². The van der Waals surface area contributed by atoms with E-state index in [1.54, 1.807) is 24.3 Å². The Morgan fingerprint density at radius 3 is 2.54 bits per heavy atom. The highest BCUT2D eigenvalue weighted by atomic mass is 16.5. The van der Waals surface area contributed by atoms with Gasteiger partial charge in [0.1, 0.15) is 6.10 Å². The molecule has 0 aromatic heterocycles. The molecule has 0 amide bonds. The molecule has 158 valence electrons. The second-order valence-electron chi connectivity index (χ2n) is 6.92. The Balaban J connectivity index is 2.34. The minimum atomic E-state index is -0.854. The Bertz CT molecular complexity index is 551. The van der Waals surface area contributed by atoms with Gasteiger partial charge in [0.25, 0.3) is 0 Å². The predicted octanol–water partition coefficient (Wildman–Crippen LogP) is 2.90. The third-order valence-corrected chi connectivity index (χ3v) is 4.42. The molecule has 1 saturated heterocycles. The molecule has 5 atom stereocenters. The summed E-state index contributed by atoms with van der Waals surface area (Å²) in [4.78, 5) is 10.4. The fourth-order valence-corrected chi connectivity index (χ4v) is 2.84. The van der Waals surface area contributed by atoms with Gasteiger partial charge in [-0.3, -0.25) is 4.79 Å². The zero-order valence-electron chi connectivity index (χ0n) is 16.6. The number of aliphatic hydroxyl groups excluding tert-OH is 3. The molecule has 28 heavy (non-hydrogen) atoms. The smallest absolute Gasteiger partial charge is 0.303 e. The van der Waals surface area contributed by atoms with Crippen molar-refractivity contribution in [2.75, 3.05) is 0 Å². The number of carbonyl (C=O) groups is 1. The average molecular weight is 395 g/mol. The number of aliphatic carboxylic acids is 1. The summed E-state index contributed by atoms with van der Waals surface area (Å²) in [5, 5.41) is 38.9. The maximum atomic E-state index is 10.4. The second-order valence-corrected chi connectivity index (χ2v) is 6.92. The maximum Gasteiger partial charge on any atom is 0.303 e. The van der Waals surface area contributed by atoms with Gasteiger partial charge in [-0.15, -0.1) is 0 Å². The van der Waals surface area contributed by atoms with Crippen LogP contribution >= 0.6 is 0 Å². The van der Waals surface area contributed by atoms with Crippen LogP contribution in [0.2, 0.25) is 0 Å². The molecule has 1 aliphatic heterocycles. The summed E-state index contributed by atoms with van der Waals surface area (Å²) in [6.45, 7) is 2.08. The zero-order chi connectivity index (χ0) is 20.8. The van der Waals surface area contributed by atoms with Crippen molar-refractivity contribution in [1.82, 2.24) is 0 Å². The van der Waals surface area contributed by atoms with Crippen LogP contribution in [0.25, 0.3) is 0 Å². The molecule has 0 radical (unpaired) electrons. The molecule has 0 bridgehead atoms. The summed E-state index contributed by atoms with van der Waals surface area (Å²) in [5.41, 5.74) is 0. The van der Waals surface area contributed by atoms with E-state index in [1.807, 2.05) is 12.2 Å². The van der Waals surface area contributed by atoms with Gasteiger partial charge in [0.15, 0.2) is 0 Å².